The molecule has 0 spiro atoms. The van der Waals surface area contributed by atoms with E-state index in [9.17, 15) is 9.90 Å². The van der Waals surface area contributed by atoms with E-state index in [1.807, 2.05) is 54.6 Å². The molecule has 0 saturated carbocycles. The molecule has 0 radical (unpaired) electrons. The standard InChI is InChI=1S/C18H16N4O2/c23-16-10-12-6-4-5-9-14(12)17(16)20-18(24)15-11-19-22(21-15)13-7-2-1-3-8-13/h1-9,11,16-17,23H,10H2,(H,20,24). The van der Waals surface area contributed by atoms with Crippen LogP contribution in [0.25, 0.3) is 5.69 Å². The Hall–Kier alpha value is -2.99. The van der Waals surface area contributed by atoms with E-state index >= 15 is 0 Å². The molecule has 0 aliphatic heterocycles. The highest BCUT2D eigenvalue weighted by molar-refractivity contribution is 5.92. The van der Waals surface area contributed by atoms with Crippen LogP contribution in [0.2, 0.25) is 0 Å². The Labute approximate surface area is 138 Å². The third-order valence-electron chi connectivity index (χ3n) is 4.20. The molecule has 0 bridgehead atoms. The van der Waals surface area contributed by atoms with Gasteiger partial charge in [-0.3, -0.25) is 4.79 Å². The minimum Gasteiger partial charge on any atom is -0.390 e. The molecule has 6 nitrogen and oxygen atoms in total. The summed E-state index contributed by atoms with van der Waals surface area (Å²) in [6, 6.07) is 16.7. The second-order valence-electron chi connectivity index (χ2n) is 5.78. The molecule has 1 aliphatic rings. The summed E-state index contributed by atoms with van der Waals surface area (Å²) in [6.07, 6.45) is 1.34. The van der Waals surface area contributed by atoms with Crippen LogP contribution in [0.15, 0.2) is 60.8 Å². The number of para-hydroxylation sites is 1. The van der Waals surface area contributed by atoms with Crippen LogP contribution < -0.4 is 5.32 Å². The molecular formula is C18H16N4O2. The predicted octanol–water partition coefficient (Wildman–Crippen LogP) is 1.66. The number of carbonyl (C=O) groups is 1. The lowest BCUT2D eigenvalue weighted by molar-refractivity contribution is 0.0853. The molecule has 120 valence electrons. The summed E-state index contributed by atoms with van der Waals surface area (Å²) in [4.78, 5) is 13.9. The van der Waals surface area contributed by atoms with Gasteiger partial charge in [0.1, 0.15) is 0 Å². The molecule has 1 aliphatic carbocycles. The fourth-order valence-corrected chi connectivity index (χ4v) is 3.02. The molecule has 1 heterocycles. The van der Waals surface area contributed by atoms with Gasteiger partial charge in [0.05, 0.1) is 24.0 Å². The lowest BCUT2D eigenvalue weighted by Gasteiger charge is -2.17. The van der Waals surface area contributed by atoms with Gasteiger partial charge in [-0.05, 0) is 23.3 Å². The van der Waals surface area contributed by atoms with E-state index in [2.05, 4.69) is 15.5 Å². The molecule has 24 heavy (non-hydrogen) atoms. The van der Waals surface area contributed by atoms with Crippen LogP contribution >= 0.6 is 0 Å². The quantitative estimate of drug-likeness (QED) is 0.769. The van der Waals surface area contributed by atoms with E-state index in [0.29, 0.717) is 6.42 Å². The first kappa shape index (κ1) is 14.6. The lowest BCUT2D eigenvalue weighted by atomic mass is 10.1. The third-order valence-corrected chi connectivity index (χ3v) is 4.20. The topological polar surface area (TPSA) is 80.0 Å². The minimum atomic E-state index is -0.629. The number of hydrogen-bond donors (Lipinski definition) is 2. The normalized spacial score (nSPS) is 19.0. The van der Waals surface area contributed by atoms with Gasteiger partial charge >= 0.3 is 0 Å². The Balaban J connectivity index is 1.54. The zero-order chi connectivity index (χ0) is 16.5. The highest BCUT2D eigenvalue weighted by Crippen LogP contribution is 2.31. The van der Waals surface area contributed by atoms with E-state index < -0.39 is 12.1 Å². The van der Waals surface area contributed by atoms with Crippen LogP contribution in [0.3, 0.4) is 0 Å². The van der Waals surface area contributed by atoms with Gasteiger partial charge in [-0.15, -0.1) is 5.10 Å². The Kier molecular flexibility index (Phi) is 3.59. The van der Waals surface area contributed by atoms with Gasteiger partial charge < -0.3 is 10.4 Å². The van der Waals surface area contributed by atoms with Crippen molar-refractivity contribution in [2.45, 2.75) is 18.6 Å². The predicted molar refractivity (Wildman–Crippen MR) is 87.7 cm³/mol. The molecule has 2 aromatic carbocycles. The fourth-order valence-electron chi connectivity index (χ4n) is 3.02. The number of benzene rings is 2. The van der Waals surface area contributed by atoms with Gasteiger partial charge in [0.2, 0.25) is 0 Å². The van der Waals surface area contributed by atoms with Crippen LogP contribution in [-0.2, 0) is 6.42 Å². The van der Waals surface area contributed by atoms with Crippen molar-refractivity contribution in [3.8, 4) is 5.69 Å². The number of rotatable bonds is 3. The monoisotopic (exact) mass is 320 g/mol. The van der Waals surface area contributed by atoms with E-state index in [0.717, 1.165) is 16.8 Å². The van der Waals surface area contributed by atoms with Crippen molar-refractivity contribution in [3.05, 3.63) is 77.6 Å². The Morgan fingerprint density at radius 3 is 2.71 bits per heavy atom. The van der Waals surface area contributed by atoms with Crippen molar-refractivity contribution in [3.63, 3.8) is 0 Å². The number of fused-ring (bicyclic) bond motifs is 1. The molecule has 3 aromatic rings. The summed E-state index contributed by atoms with van der Waals surface area (Å²) in [7, 11) is 0. The highest BCUT2D eigenvalue weighted by Gasteiger charge is 2.32. The summed E-state index contributed by atoms with van der Waals surface area (Å²) < 4.78 is 0. The van der Waals surface area contributed by atoms with E-state index in [4.69, 9.17) is 0 Å². The number of carbonyl (C=O) groups excluding carboxylic acids is 1. The molecule has 0 saturated heterocycles. The summed E-state index contributed by atoms with van der Waals surface area (Å²) >= 11 is 0. The van der Waals surface area contributed by atoms with Gasteiger partial charge in [-0.25, -0.2) is 0 Å². The van der Waals surface area contributed by atoms with Crippen LogP contribution in [-0.4, -0.2) is 32.1 Å². The number of hydrogen-bond acceptors (Lipinski definition) is 4. The van der Waals surface area contributed by atoms with E-state index in [1.165, 1.54) is 11.0 Å². The second kappa shape index (κ2) is 5.90. The summed E-state index contributed by atoms with van der Waals surface area (Å²) in [5, 5.41) is 21.4. The molecule has 4 rings (SSSR count). The van der Waals surface area contributed by atoms with E-state index in [1.54, 1.807) is 0 Å². The number of amides is 1. The average Bonchev–Trinajstić information content (AvgIpc) is 3.21. The average molecular weight is 320 g/mol. The smallest absolute Gasteiger partial charge is 0.274 e. The van der Waals surface area contributed by atoms with Crippen molar-refractivity contribution in [2.75, 3.05) is 0 Å². The molecule has 0 fully saturated rings. The lowest BCUT2D eigenvalue weighted by Crippen LogP contribution is -2.34. The first-order valence-corrected chi connectivity index (χ1v) is 7.77. The SMILES string of the molecule is O=C(NC1c2ccccc2CC1O)c1cnn(-c2ccccc2)n1. The van der Waals surface area contributed by atoms with Crippen LogP contribution in [0, 0.1) is 0 Å². The fraction of sp³-hybridized carbons (Fsp3) is 0.167. The zero-order valence-electron chi connectivity index (χ0n) is 12.8. The Bertz CT molecular complexity index is 875. The Morgan fingerprint density at radius 1 is 1.12 bits per heavy atom. The van der Waals surface area contributed by atoms with Crippen molar-refractivity contribution in [1.82, 2.24) is 20.3 Å². The number of aliphatic hydroxyl groups is 1. The first-order chi connectivity index (χ1) is 11.7. The van der Waals surface area contributed by atoms with Crippen LogP contribution in [0.5, 0.6) is 0 Å². The molecule has 1 aromatic heterocycles. The van der Waals surface area contributed by atoms with E-state index in [-0.39, 0.29) is 11.6 Å². The number of nitrogens with one attached hydrogen (secondary N) is 1. The van der Waals surface area contributed by atoms with Gasteiger partial charge in [-0.2, -0.15) is 9.90 Å². The first-order valence-electron chi connectivity index (χ1n) is 7.77. The third kappa shape index (κ3) is 2.57. The largest absolute Gasteiger partial charge is 0.390 e. The zero-order valence-corrected chi connectivity index (χ0v) is 12.8. The van der Waals surface area contributed by atoms with Gasteiger partial charge in [0, 0.05) is 6.42 Å². The molecular weight excluding hydrogens is 304 g/mol. The molecule has 2 N–H and O–H groups in total. The maximum Gasteiger partial charge on any atom is 0.274 e. The van der Waals surface area contributed by atoms with Crippen molar-refractivity contribution < 1.29 is 9.90 Å². The second-order valence-corrected chi connectivity index (χ2v) is 5.78. The molecule has 2 unspecified atom stereocenters. The van der Waals surface area contributed by atoms with Gasteiger partial charge in [0.25, 0.3) is 5.91 Å². The molecule has 6 heteroatoms. The highest BCUT2D eigenvalue weighted by atomic mass is 16.3. The Morgan fingerprint density at radius 2 is 1.88 bits per heavy atom. The minimum absolute atomic E-state index is 0.218. The van der Waals surface area contributed by atoms with Crippen LogP contribution in [0.4, 0.5) is 0 Å². The maximum absolute atomic E-state index is 12.5. The molecule has 1 amide bonds. The van der Waals surface area contributed by atoms with Crippen LogP contribution in [0.1, 0.15) is 27.7 Å². The van der Waals surface area contributed by atoms with Crippen molar-refractivity contribution in [1.29, 1.82) is 0 Å². The number of aliphatic hydroxyl groups excluding tert-OH is 1. The maximum atomic E-state index is 12.5. The van der Waals surface area contributed by atoms with Crippen molar-refractivity contribution in [2.24, 2.45) is 0 Å². The number of aromatic nitrogens is 3. The van der Waals surface area contributed by atoms with Crippen molar-refractivity contribution >= 4 is 5.91 Å². The summed E-state index contributed by atoms with van der Waals surface area (Å²) in [5.41, 5.74) is 3.01. The molecule has 2 atom stereocenters. The summed E-state index contributed by atoms with van der Waals surface area (Å²) in [5.74, 6) is -0.349. The van der Waals surface area contributed by atoms with Gasteiger partial charge in [0.15, 0.2) is 5.69 Å². The van der Waals surface area contributed by atoms with Gasteiger partial charge in [-0.1, -0.05) is 42.5 Å². The summed E-state index contributed by atoms with van der Waals surface area (Å²) in [6.45, 7) is 0. The number of nitrogens with zero attached hydrogens (tertiary/aromatic N) is 3.